The molecule has 0 bridgehead atoms. The average Bonchev–Trinajstić information content (AvgIpc) is 2.85. The van der Waals surface area contributed by atoms with Crippen LogP contribution >= 0.6 is 11.6 Å². The second-order valence-electron chi connectivity index (χ2n) is 9.92. The molecule has 0 aliphatic carbocycles. The molecule has 176 valence electrons. The van der Waals surface area contributed by atoms with Crippen molar-refractivity contribution in [3.63, 3.8) is 0 Å². The summed E-state index contributed by atoms with van der Waals surface area (Å²) in [5, 5.41) is 1.25. The highest BCUT2D eigenvalue weighted by Gasteiger charge is 2.25. The number of nitrogens with zero attached hydrogens (tertiary/aromatic N) is 2. The summed E-state index contributed by atoms with van der Waals surface area (Å²) in [5.41, 5.74) is 4.42. The highest BCUT2D eigenvalue weighted by molar-refractivity contribution is 6.30. The lowest BCUT2D eigenvalue weighted by atomic mass is 9.83. The van der Waals surface area contributed by atoms with Gasteiger partial charge in [-0.2, -0.15) is 0 Å². The van der Waals surface area contributed by atoms with E-state index in [1.165, 1.54) is 0 Å². The van der Waals surface area contributed by atoms with Crippen molar-refractivity contribution in [2.24, 2.45) is 5.41 Å². The summed E-state index contributed by atoms with van der Waals surface area (Å²) >= 11 is 5.96. The van der Waals surface area contributed by atoms with Gasteiger partial charge in [0.1, 0.15) is 17.0 Å². The molecule has 0 N–H and O–H groups in total. The Bertz CT molecular complexity index is 1470. The number of pyridine rings is 1. The van der Waals surface area contributed by atoms with E-state index >= 15 is 0 Å². The van der Waals surface area contributed by atoms with Crippen LogP contribution in [-0.2, 0) is 6.54 Å². The van der Waals surface area contributed by atoms with E-state index in [4.69, 9.17) is 16.0 Å². The minimum atomic E-state index is -0.0346. The molecule has 0 spiro atoms. The molecule has 5 heteroatoms. The molecule has 1 aliphatic heterocycles. The Kier molecular flexibility index (Phi) is 6.47. The van der Waals surface area contributed by atoms with E-state index in [9.17, 15) is 4.79 Å². The number of fused-ring (bicyclic) bond motifs is 1. The van der Waals surface area contributed by atoms with E-state index in [-0.39, 0.29) is 5.43 Å². The Morgan fingerprint density at radius 2 is 1.71 bits per heavy atom. The summed E-state index contributed by atoms with van der Waals surface area (Å²) in [6.07, 6.45) is 4.12. The van der Waals surface area contributed by atoms with Gasteiger partial charge in [0, 0.05) is 28.4 Å². The van der Waals surface area contributed by atoms with Crippen LogP contribution in [-0.4, -0.2) is 23.0 Å². The van der Waals surface area contributed by atoms with Crippen LogP contribution in [0.3, 0.4) is 0 Å². The fourth-order valence-corrected chi connectivity index (χ4v) is 4.44. The Morgan fingerprint density at radius 1 is 0.971 bits per heavy atom. The van der Waals surface area contributed by atoms with Crippen LogP contribution in [0.2, 0.25) is 5.02 Å². The molecular formula is C30H27ClN2O2. The molecule has 0 radical (unpaired) electrons. The maximum atomic E-state index is 12.8. The molecule has 3 heterocycles. The van der Waals surface area contributed by atoms with Crippen molar-refractivity contribution in [3.05, 3.63) is 99.1 Å². The van der Waals surface area contributed by atoms with Crippen LogP contribution in [0.15, 0.2) is 76.1 Å². The lowest BCUT2D eigenvalue weighted by molar-refractivity contribution is 0.120. The van der Waals surface area contributed by atoms with E-state index in [0.29, 0.717) is 39.4 Å². The average molecular weight is 483 g/mol. The fourth-order valence-electron chi connectivity index (χ4n) is 4.32. The summed E-state index contributed by atoms with van der Waals surface area (Å²) in [6, 6.07) is 18.7. The maximum Gasteiger partial charge on any atom is 0.193 e. The molecule has 2 aromatic heterocycles. The SMILES string of the molecule is CC1(C)CCN(Cc2cc(=O)c3cc(C#Cc4ccc(-c5ccc(Cl)cc5)cn4)ccc3o2)CC1. The summed E-state index contributed by atoms with van der Waals surface area (Å²) in [4.78, 5) is 19.6. The van der Waals surface area contributed by atoms with Gasteiger partial charge in [0.25, 0.3) is 0 Å². The number of halogens is 1. The fraction of sp³-hybridized carbons (Fsp3) is 0.267. The molecule has 0 amide bonds. The Labute approximate surface area is 210 Å². The Hall–Kier alpha value is -3.39. The molecular weight excluding hydrogens is 456 g/mol. The van der Waals surface area contributed by atoms with Crippen molar-refractivity contribution in [3.8, 4) is 23.0 Å². The highest BCUT2D eigenvalue weighted by atomic mass is 35.5. The van der Waals surface area contributed by atoms with Gasteiger partial charge >= 0.3 is 0 Å². The zero-order chi connectivity index (χ0) is 24.4. The predicted octanol–water partition coefficient (Wildman–Crippen LogP) is 6.53. The first-order valence-corrected chi connectivity index (χ1v) is 12.3. The lowest BCUT2D eigenvalue weighted by Gasteiger charge is -2.36. The van der Waals surface area contributed by atoms with Gasteiger partial charge < -0.3 is 4.42 Å². The second kappa shape index (κ2) is 9.70. The molecule has 2 aromatic carbocycles. The second-order valence-corrected chi connectivity index (χ2v) is 10.4. The minimum absolute atomic E-state index is 0.0346. The summed E-state index contributed by atoms with van der Waals surface area (Å²) in [7, 11) is 0. The predicted molar refractivity (Wildman–Crippen MR) is 141 cm³/mol. The smallest absolute Gasteiger partial charge is 0.193 e. The van der Waals surface area contributed by atoms with Gasteiger partial charge in [0.15, 0.2) is 5.43 Å². The van der Waals surface area contributed by atoms with Crippen LogP contribution in [0.25, 0.3) is 22.1 Å². The monoisotopic (exact) mass is 482 g/mol. The van der Waals surface area contributed by atoms with E-state index < -0.39 is 0 Å². The minimum Gasteiger partial charge on any atom is -0.459 e. The lowest BCUT2D eigenvalue weighted by Crippen LogP contribution is -2.36. The van der Waals surface area contributed by atoms with Gasteiger partial charge in [-0.15, -0.1) is 0 Å². The number of likely N-dealkylation sites (tertiary alicyclic amines) is 1. The Morgan fingerprint density at radius 3 is 2.43 bits per heavy atom. The highest BCUT2D eigenvalue weighted by Crippen LogP contribution is 2.30. The van der Waals surface area contributed by atoms with Crippen molar-refractivity contribution < 1.29 is 4.42 Å². The largest absolute Gasteiger partial charge is 0.459 e. The molecule has 0 saturated carbocycles. The first kappa shape index (κ1) is 23.4. The zero-order valence-electron chi connectivity index (χ0n) is 20.0. The van der Waals surface area contributed by atoms with Crippen LogP contribution in [0.5, 0.6) is 0 Å². The normalized spacial score (nSPS) is 15.5. The van der Waals surface area contributed by atoms with Crippen LogP contribution in [0, 0.1) is 17.3 Å². The van der Waals surface area contributed by atoms with Crippen molar-refractivity contribution >= 4 is 22.6 Å². The quantitative estimate of drug-likeness (QED) is 0.311. The third-order valence-electron chi connectivity index (χ3n) is 6.64. The number of benzene rings is 2. The number of piperidine rings is 1. The van der Waals surface area contributed by atoms with Gasteiger partial charge in [-0.05, 0) is 79.2 Å². The number of aromatic nitrogens is 1. The first-order valence-electron chi connectivity index (χ1n) is 11.9. The molecule has 35 heavy (non-hydrogen) atoms. The number of hydrogen-bond acceptors (Lipinski definition) is 4. The zero-order valence-corrected chi connectivity index (χ0v) is 20.7. The van der Waals surface area contributed by atoms with Gasteiger partial charge in [-0.3, -0.25) is 9.69 Å². The summed E-state index contributed by atoms with van der Waals surface area (Å²) in [5.74, 6) is 6.91. The topological polar surface area (TPSA) is 46.3 Å². The van der Waals surface area contributed by atoms with Gasteiger partial charge in [0.2, 0.25) is 0 Å². The van der Waals surface area contributed by atoms with E-state index in [1.807, 2.05) is 48.5 Å². The van der Waals surface area contributed by atoms with E-state index in [1.54, 1.807) is 18.3 Å². The van der Waals surface area contributed by atoms with Gasteiger partial charge in [-0.1, -0.05) is 49.6 Å². The number of hydrogen-bond donors (Lipinski definition) is 0. The van der Waals surface area contributed by atoms with Crippen molar-refractivity contribution in [1.29, 1.82) is 0 Å². The Balaban J connectivity index is 1.31. The molecule has 0 atom stereocenters. The molecule has 1 aliphatic rings. The standard InChI is InChI=1S/C30H27ClN2O2/c1-30(2)13-15-33(16-14-30)20-26-18-28(34)27-17-21(4-12-29(27)35-26)3-10-25-11-7-23(19-32-25)22-5-8-24(31)9-6-22/h4-9,11-12,17-19H,13-16,20H2,1-2H3. The molecule has 1 saturated heterocycles. The van der Waals surface area contributed by atoms with Gasteiger partial charge in [0.05, 0.1) is 11.9 Å². The van der Waals surface area contributed by atoms with Gasteiger partial charge in [-0.25, -0.2) is 4.98 Å². The van der Waals surface area contributed by atoms with Crippen molar-refractivity contribution in [2.75, 3.05) is 13.1 Å². The molecule has 4 aromatic rings. The maximum absolute atomic E-state index is 12.8. The number of rotatable bonds is 3. The molecule has 4 nitrogen and oxygen atoms in total. The molecule has 1 fully saturated rings. The summed E-state index contributed by atoms with van der Waals surface area (Å²) < 4.78 is 6.07. The van der Waals surface area contributed by atoms with Crippen molar-refractivity contribution in [1.82, 2.24) is 9.88 Å². The first-order chi connectivity index (χ1) is 16.8. The molecule has 5 rings (SSSR count). The van der Waals surface area contributed by atoms with Crippen LogP contribution in [0.1, 0.15) is 43.7 Å². The van der Waals surface area contributed by atoms with E-state index in [0.717, 1.165) is 42.6 Å². The van der Waals surface area contributed by atoms with E-state index in [2.05, 4.69) is 35.6 Å². The third-order valence-corrected chi connectivity index (χ3v) is 6.90. The van der Waals surface area contributed by atoms with Crippen molar-refractivity contribution in [2.45, 2.75) is 33.2 Å². The summed E-state index contributed by atoms with van der Waals surface area (Å²) in [6.45, 7) is 7.34. The van der Waals surface area contributed by atoms with Crippen LogP contribution < -0.4 is 5.43 Å². The third kappa shape index (κ3) is 5.65. The van der Waals surface area contributed by atoms with Crippen LogP contribution in [0.4, 0.5) is 0 Å². The molecule has 0 unspecified atom stereocenters.